The van der Waals surface area contributed by atoms with E-state index < -0.39 is 8.25 Å². The summed E-state index contributed by atoms with van der Waals surface area (Å²) in [4.78, 5) is 7.88. The zero-order chi connectivity index (χ0) is 4.99. The number of hydrogen-bond donors (Lipinski definition) is 1. The Balaban J connectivity index is -0.000000125. The molecule has 0 aromatic rings. The van der Waals surface area contributed by atoms with E-state index in [4.69, 9.17) is 4.89 Å². The van der Waals surface area contributed by atoms with Gasteiger partial charge in [-0.1, -0.05) is 0 Å². The van der Waals surface area contributed by atoms with E-state index in [0.29, 0.717) is 6.61 Å². The van der Waals surface area contributed by atoms with Gasteiger partial charge in [0.05, 0.1) is 6.61 Å². The summed E-state index contributed by atoms with van der Waals surface area (Å²) in [6, 6.07) is 0. The van der Waals surface area contributed by atoms with Crippen LogP contribution in [0, 0.1) is 0 Å². The van der Waals surface area contributed by atoms with Crippen molar-refractivity contribution in [3.63, 3.8) is 0 Å². The molecular weight excluding hydrogens is 149 g/mol. The molecular formula is C2H9Na2O3P. The molecule has 0 bridgehead atoms. The molecule has 42 valence electrons. The van der Waals surface area contributed by atoms with E-state index in [1.165, 1.54) is 0 Å². The molecule has 0 amide bonds. The molecule has 0 heterocycles. The molecule has 1 unspecified atom stereocenters. The first-order valence-electron chi connectivity index (χ1n) is 1.63. The summed E-state index contributed by atoms with van der Waals surface area (Å²) in [5, 5.41) is 0. The van der Waals surface area contributed by atoms with Crippen LogP contribution in [0.1, 0.15) is 6.92 Å². The first-order chi connectivity index (χ1) is 2.77. The van der Waals surface area contributed by atoms with E-state index in [0.717, 1.165) is 0 Å². The maximum atomic E-state index is 9.56. The number of hydrogen-bond acceptors (Lipinski definition) is 2. The van der Waals surface area contributed by atoms with Gasteiger partial charge in [0.15, 0.2) is 0 Å². The molecule has 0 fully saturated rings. The Bertz CT molecular complexity index is 59.2. The minimum atomic E-state index is -2.64. The van der Waals surface area contributed by atoms with Gasteiger partial charge in [0.25, 0.3) is 0 Å². The molecule has 0 spiro atoms. The van der Waals surface area contributed by atoms with Gasteiger partial charge in [-0.2, -0.15) is 0 Å². The first kappa shape index (κ1) is 16.6. The standard InChI is InChI=1S/C2H7O3P.2Na.2H/c1-2-5-6(3)4;;;;/h6H,2H2,1H3,(H,3,4);;;;. The second-order valence-electron chi connectivity index (χ2n) is 0.699. The second kappa shape index (κ2) is 11.9. The van der Waals surface area contributed by atoms with Crippen LogP contribution in [0.3, 0.4) is 0 Å². The third-order valence-corrected chi connectivity index (χ3v) is 0.803. The molecule has 0 saturated heterocycles. The van der Waals surface area contributed by atoms with Gasteiger partial charge in [0.1, 0.15) is 0 Å². The molecule has 0 aliphatic heterocycles. The van der Waals surface area contributed by atoms with Crippen LogP contribution in [0.5, 0.6) is 0 Å². The van der Waals surface area contributed by atoms with E-state index in [-0.39, 0.29) is 59.1 Å². The third kappa shape index (κ3) is 15.7. The van der Waals surface area contributed by atoms with Crippen molar-refractivity contribution in [1.82, 2.24) is 0 Å². The van der Waals surface area contributed by atoms with Crippen molar-refractivity contribution in [2.75, 3.05) is 6.61 Å². The van der Waals surface area contributed by atoms with Crippen molar-refractivity contribution in [2.24, 2.45) is 0 Å². The van der Waals surface area contributed by atoms with Crippen LogP contribution in [0.4, 0.5) is 0 Å². The fourth-order valence-electron chi connectivity index (χ4n) is 0.123. The van der Waals surface area contributed by atoms with Gasteiger partial charge in [-0.05, 0) is 6.92 Å². The van der Waals surface area contributed by atoms with Crippen LogP contribution in [0.2, 0.25) is 0 Å². The van der Waals surface area contributed by atoms with Gasteiger partial charge in [-0.15, -0.1) is 0 Å². The van der Waals surface area contributed by atoms with E-state index in [2.05, 4.69) is 4.52 Å². The van der Waals surface area contributed by atoms with Gasteiger partial charge in [-0.25, -0.2) is 0 Å². The maximum absolute atomic E-state index is 9.56. The monoisotopic (exact) mass is 158 g/mol. The van der Waals surface area contributed by atoms with Crippen LogP contribution in [-0.4, -0.2) is 70.6 Å². The summed E-state index contributed by atoms with van der Waals surface area (Å²) in [5.74, 6) is 0. The van der Waals surface area contributed by atoms with Gasteiger partial charge < -0.3 is 9.42 Å². The SMILES string of the molecule is CCO[PH](=O)O.[NaH].[NaH]. The molecule has 0 aromatic carbocycles. The van der Waals surface area contributed by atoms with Crippen LogP contribution < -0.4 is 0 Å². The summed E-state index contributed by atoms with van der Waals surface area (Å²) in [5.41, 5.74) is 0. The van der Waals surface area contributed by atoms with E-state index >= 15 is 0 Å². The summed E-state index contributed by atoms with van der Waals surface area (Å²) in [6.07, 6.45) is 0. The Morgan fingerprint density at radius 2 is 2.00 bits per heavy atom. The Labute approximate surface area is 93.7 Å². The molecule has 3 nitrogen and oxygen atoms in total. The topological polar surface area (TPSA) is 46.5 Å². The van der Waals surface area contributed by atoms with Crippen LogP contribution in [-0.2, 0) is 9.09 Å². The summed E-state index contributed by atoms with van der Waals surface area (Å²) in [6.45, 7) is 1.98. The van der Waals surface area contributed by atoms with Gasteiger partial charge in [0.2, 0.25) is 0 Å². The Hall–Kier alpha value is 2.15. The summed E-state index contributed by atoms with van der Waals surface area (Å²) < 4.78 is 13.7. The molecule has 1 N–H and O–H groups in total. The van der Waals surface area contributed by atoms with Crippen LogP contribution >= 0.6 is 8.25 Å². The molecule has 0 rings (SSSR count). The average molecular weight is 158 g/mol. The zero-order valence-corrected chi connectivity index (χ0v) is 4.47. The Morgan fingerprint density at radius 1 is 1.62 bits per heavy atom. The molecule has 0 aliphatic rings. The van der Waals surface area contributed by atoms with Crippen LogP contribution in [0.25, 0.3) is 0 Å². The number of rotatable bonds is 2. The van der Waals surface area contributed by atoms with E-state index in [1.54, 1.807) is 6.92 Å². The van der Waals surface area contributed by atoms with Crippen molar-refractivity contribution < 1.29 is 14.0 Å². The third-order valence-electron chi connectivity index (χ3n) is 0.268. The Kier molecular flexibility index (Phi) is 24.7. The fraction of sp³-hybridized carbons (Fsp3) is 1.00. The molecule has 6 heteroatoms. The Morgan fingerprint density at radius 3 is 2.00 bits per heavy atom. The van der Waals surface area contributed by atoms with E-state index in [9.17, 15) is 4.57 Å². The first-order valence-corrected chi connectivity index (χ1v) is 2.89. The molecule has 0 radical (unpaired) electrons. The summed E-state index contributed by atoms with van der Waals surface area (Å²) in [7, 11) is -2.64. The molecule has 8 heavy (non-hydrogen) atoms. The molecule has 0 aliphatic carbocycles. The predicted octanol–water partition coefficient (Wildman–Crippen LogP) is -0.892. The van der Waals surface area contributed by atoms with Crippen molar-refractivity contribution in [3.8, 4) is 0 Å². The molecule has 0 aromatic heterocycles. The quantitative estimate of drug-likeness (QED) is 0.418. The van der Waals surface area contributed by atoms with Crippen molar-refractivity contribution in [1.29, 1.82) is 0 Å². The van der Waals surface area contributed by atoms with Gasteiger partial charge in [0, 0.05) is 0 Å². The zero-order valence-electron chi connectivity index (χ0n) is 3.47. The van der Waals surface area contributed by atoms with Gasteiger partial charge >= 0.3 is 67.4 Å². The van der Waals surface area contributed by atoms with Gasteiger partial charge in [-0.3, -0.25) is 4.57 Å². The minimum absolute atomic E-state index is 0. The molecule has 0 saturated carbocycles. The normalized spacial score (nSPS) is 10.8. The summed E-state index contributed by atoms with van der Waals surface area (Å²) >= 11 is 0. The van der Waals surface area contributed by atoms with Crippen molar-refractivity contribution in [2.45, 2.75) is 6.92 Å². The van der Waals surface area contributed by atoms with Crippen LogP contribution in [0.15, 0.2) is 0 Å². The average Bonchev–Trinajstić information content (AvgIpc) is 1.35. The second-order valence-corrected chi connectivity index (χ2v) is 1.52. The van der Waals surface area contributed by atoms with Crippen molar-refractivity contribution in [3.05, 3.63) is 0 Å². The predicted molar refractivity (Wildman–Crippen MR) is 37.1 cm³/mol. The fourth-order valence-corrected chi connectivity index (χ4v) is 0.370. The van der Waals surface area contributed by atoms with E-state index in [1.807, 2.05) is 0 Å². The molecule has 1 atom stereocenters. The van der Waals surface area contributed by atoms with Crippen molar-refractivity contribution >= 4 is 67.4 Å².